The van der Waals surface area contributed by atoms with E-state index in [1.54, 1.807) is 6.20 Å². The maximum Gasteiger partial charge on any atom is 0.223 e. The van der Waals surface area contributed by atoms with Crippen molar-refractivity contribution < 1.29 is 4.79 Å². The Bertz CT molecular complexity index is 608. The Balaban J connectivity index is 1.57. The van der Waals surface area contributed by atoms with Crippen LogP contribution in [-0.2, 0) is 11.3 Å². The molecule has 0 saturated heterocycles. The summed E-state index contributed by atoms with van der Waals surface area (Å²) in [6.45, 7) is 0.511. The van der Waals surface area contributed by atoms with Crippen LogP contribution >= 0.6 is 0 Å². The lowest BCUT2D eigenvalue weighted by molar-refractivity contribution is -0.125. The average Bonchev–Trinajstić information content (AvgIpc) is 3.15. The summed E-state index contributed by atoms with van der Waals surface area (Å²) < 4.78 is 1.81. The van der Waals surface area contributed by atoms with Crippen LogP contribution in [0.2, 0.25) is 0 Å². The van der Waals surface area contributed by atoms with Gasteiger partial charge in [-0.1, -0.05) is 18.2 Å². The van der Waals surface area contributed by atoms with Crippen LogP contribution in [0.15, 0.2) is 42.7 Å². The van der Waals surface area contributed by atoms with Gasteiger partial charge in [-0.2, -0.15) is 5.10 Å². The summed E-state index contributed by atoms with van der Waals surface area (Å²) in [5, 5.41) is 7.30. The van der Waals surface area contributed by atoms with Crippen molar-refractivity contribution in [3.05, 3.63) is 48.3 Å². The van der Waals surface area contributed by atoms with Gasteiger partial charge in [-0.25, -0.2) is 4.68 Å². The highest BCUT2D eigenvalue weighted by molar-refractivity contribution is 5.78. The van der Waals surface area contributed by atoms with Crippen molar-refractivity contribution in [3.8, 4) is 5.69 Å². The van der Waals surface area contributed by atoms with E-state index in [4.69, 9.17) is 5.73 Å². The molecule has 5 heteroatoms. The number of benzene rings is 1. The molecule has 1 aromatic carbocycles. The Labute approximate surface area is 124 Å². The Morgan fingerprint density at radius 3 is 2.86 bits per heavy atom. The van der Waals surface area contributed by atoms with Crippen molar-refractivity contribution in [3.63, 3.8) is 0 Å². The van der Waals surface area contributed by atoms with E-state index in [-0.39, 0.29) is 17.9 Å². The molecule has 1 aromatic heterocycles. The van der Waals surface area contributed by atoms with Crippen molar-refractivity contribution >= 4 is 5.91 Å². The van der Waals surface area contributed by atoms with Crippen molar-refractivity contribution in [2.24, 2.45) is 11.7 Å². The number of carbonyl (C=O) groups is 1. The minimum Gasteiger partial charge on any atom is -0.352 e. The highest BCUT2D eigenvalue weighted by atomic mass is 16.1. The number of carbonyl (C=O) groups excluding carboxylic acids is 1. The predicted octanol–water partition coefficient (Wildman–Crippen LogP) is 1.62. The first kappa shape index (κ1) is 13.8. The summed E-state index contributed by atoms with van der Waals surface area (Å²) in [6, 6.07) is 10.1. The molecule has 1 aliphatic rings. The zero-order valence-corrected chi connectivity index (χ0v) is 11.9. The number of para-hydroxylation sites is 1. The maximum atomic E-state index is 12.0. The molecule has 0 spiro atoms. The number of nitrogens with two attached hydrogens (primary N) is 1. The summed E-state index contributed by atoms with van der Waals surface area (Å²) in [5.41, 5.74) is 7.85. The molecule has 5 nitrogen and oxygen atoms in total. The van der Waals surface area contributed by atoms with Crippen LogP contribution in [0.25, 0.3) is 5.69 Å². The predicted molar refractivity (Wildman–Crippen MR) is 80.7 cm³/mol. The minimum atomic E-state index is 0.0733. The molecule has 21 heavy (non-hydrogen) atoms. The molecule has 0 radical (unpaired) electrons. The van der Waals surface area contributed by atoms with E-state index in [9.17, 15) is 4.79 Å². The van der Waals surface area contributed by atoms with Crippen molar-refractivity contribution in [1.29, 1.82) is 0 Å². The van der Waals surface area contributed by atoms with E-state index in [0.29, 0.717) is 6.54 Å². The zero-order valence-electron chi connectivity index (χ0n) is 11.9. The molecule has 2 atom stereocenters. The van der Waals surface area contributed by atoms with Crippen LogP contribution < -0.4 is 11.1 Å². The molecule has 1 aliphatic carbocycles. The summed E-state index contributed by atoms with van der Waals surface area (Å²) in [4.78, 5) is 12.0. The van der Waals surface area contributed by atoms with Gasteiger partial charge in [0.2, 0.25) is 5.91 Å². The molecule has 0 bridgehead atoms. The summed E-state index contributed by atoms with van der Waals surface area (Å²) >= 11 is 0. The van der Waals surface area contributed by atoms with Crippen LogP contribution in [0.3, 0.4) is 0 Å². The van der Waals surface area contributed by atoms with Gasteiger partial charge >= 0.3 is 0 Å². The van der Waals surface area contributed by atoms with Crippen LogP contribution in [0.1, 0.15) is 24.8 Å². The molecule has 110 valence electrons. The Morgan fingerprint density at radius 1 is 1.33 bits per heavy atom. The lowest BCUT2D eigenvalue weighted by Crippen LogP contribution is -2.29. The fourth-order valence-corrected chi connectivity index (χ4v) is 2.76. The number of aromatic nitrogens is 2. The first-order valence-corrected chi connectivity index (χ1v) is 7.34. The number of amides is 1. The van der Waals surface area contributed by atoms with Gasteiger partial charge in [-0.05, 0) is 31.4 Å². The number of hydrogen-bond donors (Lipinski definition) is 2. The standard InChI is InChI=1S/C16H20N4O/c17-14-7-6-13(8-14)16(21)18-9-12-10-19-20(11-12)15-4-2-1-3-5-15/h1-5,10-11,13-14H,6-9,17H2,(H,18,21). The Kier molecular flexibility index (Phi) is 4.01. The zero-order chi connectivity index (χ0) is 14.7. The molecule has 0 aliphatic heterocycles. The molecule has 2 aromatic rings. The third kappa shape index (κ3) is 3.31. The molecule has 1 fully saturated rings. The van der Waals surface area contributed by atoms with Crippen LogP contribution in [-0.4, -0.2) is 21.7 Å². The van der Waals surface area contributed by atoms with Crippen LogP contribution in [0.4, 0.5) is 0 Å². The second kappa shape index (κ2) is 6.10. The molecule has 1 heterocycles. The topological polar surface area (TPSA) is 72.9 Å². The molecule has 1 amide bonds. The molecule has 3 N–H and O–H groups in total. The monoisotopic (exact) mass is 284 g/mol. The van der Waals surface area contributed by atoms with Crippen molar-refractivity contribution in [2.45, 2.75) is 31.8 Å². The minimum absolute atomic E-state index is 0.0733. The van der Waals surface area contributed by atoms with Crippen LogP contribution in [0, 0.1) is 5.92 Å². The fourth-order valence-electron chi connectivity index (χ4n) is 2.76. The number of hydrogen-bond acceptors (Lipinski definition) is 3. The van der Waals surface area contributed by atoms with Gasteiger partial charge in [-0.3, -0.25) is 4.79 Å². The van der Waals surface area contributed by atoms with Gasteiger partial charge in [0.15, 0.2) is 0 Å². The number of rotatable bonds is 4. The third-order valence-corrected chi connectivity index (χ3v) is 3.97. The van der Waals surface area contributed by atoms with Gasteiger partial charge in [0.25, 0.3) is 0 Å². The molecular weight excluding hydrogens is 264 g/mol. The smallest absolute Gasteiger partial charge is 0.223 e. The summed E-state index contributed by atoms with van der Waals surface area (Å²) in [7, 11) is 0. The van der Waals surface area contributed by atoms with Gasteiger partial charge < -0.3 is 11.1 Å². The van der Waals surface area contributed by atoms with Crippen molar-refractivity contribution in [1.82, 2.24) is 15.1 Å². The van der Waals surface area contributed by atoms with Gasteiger partial charge in [-0.15, -0.1) is 0 Å². The quantitative estimate of drug-likeness (QED) is 0.896. The van der Waals surface area contributed by atoms with Gasteiger partial charge in [0.05, 0.1) is 11.9 Å². The van der Waals surface area contributed by atoms with E-state index in [1.807, 2.05) is 41.2 Å². The number of nitrogens with one attached hydrogen (secondary N) is 1. The average molecular weight is 284 g/mol. The first-order valence-electron chi connectivity index (χ1n) is 7.34. The maximum absolute atomic E-state index is 12.0. The molecule has 3 rings (SSSR count). The lowest BCUT2D eigenvalue weighted by atomic mass is 10.1. The fraction of sp³-hybridized carbons (Fsp3) is 0.375. The van der Waals surface area contributed by atoms with Gasteiger partial charge in [0, 0.05) is 30.3 Å². The second-order valence-electron chi connectivity index (χ2n) is 5.62. The van der Waals surface area contributed by atoms with Crippen molar-refractivity contribution in [2.75, 3.05) is 0 Å². The van der Waals surface area contributed by atoms with E-state index in [2.05, 4.69) is 10.4 Å². The largest absolute Gasteiger partial charge is 0.352 e. The van der Waals surface area contributed by atoms with E-state index >= 15 is 0 Å². The highest BCUT2D eigenvalue weighted by Gasteiger charge is 2.27. The lowest BCUT2D eigenvalue weighted by Gasteiger charge is -2.09. The SMILES string of the molecule is NC1CCC(C(=O)NCc2cnn(-c3ccccc3)c2)C1. The van der Waals surface area contributed by atoms with E-state index < -0.39 is 0 Å². The second-order valence-corrected chi connectivity index (χ2v) is 5.62. The van der Waals surface area contributed by atoms with Crippen LogP contribution in [0.5, 0.6) is 0 Å². The van der Waals surface area contributed by atoms with E-state index in [0.717, 1.165) is 30.5 Å². The molecule has 1 saturated carbocycles. The molecule has 2 unspecified atom stereocenters. The Hall–Kier alpha value is -2.14. The number of nitrogens with zero attached hydrogens (tertiary/aromatic N) is 2. The van der Waals surface area contributed by atoms with E-state index in [1.165, 1.54) is 0 Å². The Morgan fingerprint density at radius 2 is 2.14 bits per heavy atom. The first-order chi connectivity index (χ1) is 10.2. The summed E-state index contributed by atoms with van der Waals surface area (Å²) in [6.07, 6.45) is 6.37. The highest BCUT2D eigenvalue weighted by Crippen LogP contribution is 2.24. The summed E-state index contributed by atoms with van der Waals surface area (Å²) in [5.74, 6) is 0.180. The molecular formula is C16H20N4O. The van der Waals surface area contributed by atoms with Gasteiger partial charge in [0.1, 0.15) is 0 Å². The third-order valence-electron chi connectivity index (χ3n) is 3.97. The normalized spacial score (nSPS) is 21.4.